The summed E-state index contributed by atoms with van der Waals surface area (Å²) in [6.07, 6.45) is 7.71. The van der Waals surface area contributed by atoms with Crippen molar-refractivity contribution in [1.82, 2.24) is 34.2 Å². The number of hydrogen-bond acceptors (Lipinski definition) is 4. The van der Waals surface area contributed by atoms with E-state index in [2.05, 4.69) is 59.4 Å². The number of nitrogens with zero attached hydrogens (tertiary/aromatic N) is 6. The Morgan fingerprint density at radius 3 is 2.70 bits per heavy atom. The first-order valence-electron chi connectivity index (χ1n) is 9.20. The van der Waals surface area contributed by atoms with Crippen molar-refractivity contribution in [2.24, 2.45) is 0 Å². The summed E-state index contributed by atoms with van der Waals surface area (Å²) in [5.41, 5.74) is 3.38. The van der Waals surface area contributed by atoms with Gasteiger partial charge in [0.15, 0.2) is 5.82 Å². The zero-order chi connectivity index (χ0) is 18.1. The highest BCUT2D eigenvalue weighted by Gasteiger charge is 2.17. The lowest BCUT2D eigenvalue weighted by Gasteiger charge is -2.13. The van der Waals surface area contributed by atoms with Crippen LogP contribution >= 0.6 is 0 Å². The number of hydrogen-bond donors (Lipinski definition) is 1. The van der Waals surface area contributed by atoms with Crippen molar-refractivity contribution in [2.75, 3.05) is 6.54 Å². The van der Waals surface area contributed by atoms with Gasteiger partial charge in [-0.25, -0.2) is 9.97 Å². The van der Waals surface area contributed by atoms with Crippen LogP contribution in [-0.2, 0) is 26.2 Å². The van der Waals surface area contributed by atoms with Crippen molar-refractivity contribution in [1.29, 1.82) is 0 Å². The number of benzene rings is 1. The van der Waals surface area contributed by atoms with Gasteiger partial charge >= 0.3 is 0 Å². The quantitative estimate of drug-likeness (QED) is 0.593. The number of aromatic nitrogens is 6. The maximum atomic E-state index is 4.74. The molecular formula is C20H21N7. The van der Waals surface area contributed by atoms with Gasteiger partial charge in [-0.1, -0.05) is 30.3 Å². The average molecular weight is 359 g/mol. The van der Waals surface area contributed by atoms with Crippen LogP contribution in [0.4, 0.5) is 0 Å². The first-order chi connectivity index (χ1) is 13.4. The van der Waals surface area contributed by atoms with Crippen LogP contribution in [0.3, 0.4) is 0 Å². The Kier molecular flexibility index (Phi) is 4.06. The van der Waals surface area contributed by atoms with Crippen molar-refractivity contribution in [3.05, 3.63) is 78.3 Å². The number of imidazole rings is 2. The lowest BCUT2D eigenvalue weighted by Crippen LogP contribution is -2.28. The molecule has 3 aromatic heterocycles. The molecule has 0 spiro atoms. The molecule has 7 nitrogen and oxygen atoms in total. The second-order valence-electron chi connectivity index (χ2n) is 6.76. The standard InChI is InChI=1S/C20H21N7/c1-2-4-16(5-3-1)14-25-9-7-22-19(25)15-26-10-8-23-20(26)18-12-17-13-21-6-11-27(17)24-18/h1-5,7-10,12,21H,6,11,13-15H2. The Labute approximate surface area is 157 Å². The molecule has 1 aliphatic heterocycles. The highest BCUT2D eigenvalue weighted by molar-refractivity contribution is 5.50. The molecule has 1 N–H and O–H groups in total. The molecule has 0 unspecified atom stereocenters. The van der Waals surface area contributed by atoms with E-state index in [1.807, 2.05) is 30.9 Å². The van der Waals surface area contributed by atoms with Gasteiger partial charge in [-0.05, 0) is 11.6 Å². The molecule has 0 amide bonds. The van der Waals surface area contributed by atoms with E-state index in [0.717, 1.165) is 43.5 Å². The topological polar surface area (TPSA) is 65.5 Å². The largest absolute Gasteiger partial charge is 0.329 e. The molecule has 136 valence electrons. The molecule has 0 saturated carbocycles. The van der Waals surface area contributed by atoms with Crippen LogP contribution in [-0.4, -0.2) is 35.4 Å². The number of fused-ring (bicyclic) bond motifs is 1. The fraction of sp³-hybridized carbons (Fsp3) is 0.250. The van der Waals surface area contributed by atoms with E-state index in [1.54, 1.807) is 0 Å². The summed E-state index contributed by atoms with van der Waals surface area (Å²) in [6.45, 7) is 4.19. The monoisotopic (exact) mass is 359 g/mol. The van der Waals surface area contributed by atoms with Gasteiger partial charge in [0, 0.05) is 44.4 Å². The minimum absolute atomic E-state index is 0.662. The molecule has 0 aliphatic carbocycles. The fourth-order valence-electron chi connectivity index (χ4n) is 3.54. The second kappa shape index (κ2) is 6.85. The van der Waals surface area contributed by atoms with Crippen LogP contribution in [0.15, 0.2) is 61.2 Å². The van der Waals surface area contributed by atoms with Gasteiger partial charge in [-0.15, -0.1) is 0 Å². The van der Waals surface area contributed by atoms with E-state index >= 15 is 0 Å². The van der Waals surface area contributed by atoms with Crippen molar-refractivity contribution in [3.63, 3.8) is 0 Å². The van der Waals surface area contributed by atoms with Gasteiger partial charge in [0.1, 0.15) is 11.5 Å². The Bertz CT molecular complexity index is 1020. The third-order valence-electron chi connectivity index (χ3n) is 4.92. The summed E-state index contributed by atoms with van der Waals surface area (Å²) in [4.78, 5) is 9.12. The zero-order valence-electron chi connectivity index (χ0n) is 15.0. The molecule has 5 rings (SSSR count). The minimum Gasteiger partial charge on any atom is -0.329 e. The third kappa shape index (κ3) is 3.17. The van der Waals surface area contributed by atoms with Crippen LogP contribution in [0, 0.1) is 0 Å². The van der Waals surface area contributed by atoms with Gasteiger partial charge in [-0.3, -0.25) is 4.68 Å². The zero-order valence-corrected chi connectivity index (χ0v) is 15.0. The van der Waals surface area contributed by atoms with E-state index in [9.17, 15) is 0 Å². The minimum atomic E-state index is 0.662. The van der Waals surface area contributed by atoms with E-state index in [0.29, 0.717) is 6.54 Å². The summed E-state index contributed by atoms with van der Waals surface area (Å²) in [5, 5.41) is 8.12. The van der Waals surface area contributed by atoms with E-state index in [-0.39, 0.29) is 0 Å². The smallest absolute Gasteiger partial charge is 0.160 e. The van der Waals surface area contributed by atoms with Crippen LogP contribution in [0.5, 0.6) is 0 Å². The van der Waals surface area contributed by atoms with Crippen molar-refractivity contribution in [3.8, 4) is 11.5 Å². The predicted molar refractivity (Wildman–Crippen MR) is 102 cm³/mol. The lowest BCUT2D eigenvalue weighted by molar-refractivity contribution is 0.476. The lowest BCUT2D eigenvalue weighted by atomic mass is 10.2. The highest BCUT2D eigenvalue weighted by atomic mass is 15.3. The molecule has 27 heavy (non-hydrogen) atoms. The molecule has 7 heteroatoms. The summed E-state index contributed by atoms with van der Waals surface area (Å²) in [7, 11) is 0. The maximum Gasteiger partial charge on any atom is 0.160 e. The van der Waals surface area contributed by atoms with Crippen LogP contribution in [0.1, 0.15) is 17.1 Å². The Balaban J connectivity index is 1.41. The van der Waals surface area contributed by atoms with E-state index < -0.39 is 0 Å². The van der Waals surface area contributed by atoms with Crippen LogP contribution in [0.25, 0.3) is 11.5 Å². The summed E-state index contributed by atoms with van der Waals surface area (Å²) in [6, 6.07) is 12.6. The third-order valence-corrected chi connectivity index (χ3v) is 4.92. The molecule has 1 aromatic carbocycles. The van der Waals surface area contributed by atoms with Crippen molar-refractivity contribution in [2.45, 2.75) is 26.2 Å². The highest BCUT2D eigenvalue weighted by Crippen LogP contribution is 2.20. The van der Waals surface area contributed by atoms with Gasteiger partial charge in [0.25, 0.3) is 0 Å². The molecule has 0 saturated heterocycles. The summed E-state index contributed by atoms with van der Waals surface area (Å²) >= 11 is 0. The van der Waals surface area contributed by atoms with E-state index in [4.69, 9.17) is 5.10 Å². The van der Waals surface area contributed by atoms with Crippen LogP contribution < -0.4 is 5.32 Å². The summed E-state index contributed by atoms with van der Waals surface area (Å²) < 4.78 is 6.37. The van der Waals surface area contributed by atoms with Gasteiger partial charge in [-0.2, -0.15) is 5.10 Å². The van der Waals surface area contributed by atoms with Crippen molar-refractivity contribution >= 4 is 0 Å². The van der Waals surface area contributed by atoms with Gasteiger partial charge in [0.05, 0.1) is 18.8 Å². The maximum absolute atomic E-state index is 4.74. The molecule has 4 heterocycles. The number of rotatable bonds is 5. The SMILES string of the molecule is c1ccc(Cn2ccnc2Cn2ccnc2-c2cc3n(n2)CCNC3)cc1. The van der Waals surface area contributed by atoms with Crippen molar-refractivity contribution < 1.29 is 0 Å². The Morgan fingerprint density at radius 2 is 1.81 bits per heavy atom. The molecule has 1 aliphatic rings. The first-order valence-corrected chi connectivity index (χ1v) is 9.20. The Hall–Kier alpha value is -3.19. The van der Waals surface area contributed by atoms with Crippen LogP contribution in [0.2, 0.25) is 0 Å². The predicted octanol–water partition coefficient (Wildman–Crippen LogP) is 2.14. The molecular weight excluding hydrogens is 338 g/mol. The molecule has 0 radical (unpaired) electrons. The first kappa shape index (κ1) is 16.0. The normalized spacial score (nSPS) is 13.6. The molecule has 0 fully saturated rings. The Morgan fingerprint density at radius 1 is 0.963 bits per heavy atom. The molecule has 0 atom stereocenters. The number of nitrogens with one attached hydrogen (secondary N) is 1. The molecule has 4 aromatic rings. The summed E-state index contributed by atoms with van der Waals surface area (Å²) in [5.74, 6) is 1.88. The van der Waals surface area contributed by atoms with Gasteiger partial charge < -0.3 is 14.5 Å². The second-order valence-corrected chi connectivity index (χ2v) is 6.76. The average Bonchev–Trinajstić information content (AvgIpc) is 3.42. The molecule has 0 bridgehead atoms. The van der Waals surface area contributed by atoms with E-state index in [1.165, 1.54) is 11.3 Å². The fourth-order valence-corrected chi connectivity index (χ4v) is 3.54. The van der Waals surface area contributed by atoms with Gasteiger partial charge in [0.2, 0.25) is 0 Å².